The Morgan fingerprint density at radius 2 is 1.10 bits per heavy atom. The third-order valence-electron chi connectivity index (χ3n) is 10.5. The van der Waals surface area contributed by atoms with Crippen molar-refractivity contribution >= 4 is 32.3 Å². The quantitative estimate of drug-likeness (QED) is 0.183. The van der Waals surface area contributed by atoms with Crippen molar-refractivity contribution in [2.75, 3.05) is 0 Å². The van der Waals surface area contributed by atoms with Gasteiger partial charge in [0.25, 0.3) is 0 Å². The van der Waals surface area contributed by atoms with Crippen LogP contribution in [0.2, 0.25) is 0 Å². The largest absolute Gasteiger partial charge is 0.264 e. The van der Waals surface area contributed by atoms with Crippen LogP contribution >= 0.6 is 0 Å². The predicted molar refractivity (Wildman–Crippen MR) is 203 cm³/mol. The van der Waals surface area contributed by atoms with E-state index in [9.17, 15) is 0 Å². The molecule has 1 aliphatic carbocycles. The average Bonchev–Trinajstić information content (AvgIpc) is 3.39. The molecule has 0 fully saturated rings. The Morgan fingerprint density at radius 3 is 1.92 bits per heavy atom. The summed E-state index contributed by atoms with van der Waals surface area (Å²) >= 11 is 0. The van der Waals surface area contributed by atoms with E-state index in [2.05, 4.69) is 152 Å². The number of hydrogen-bond acceptors (Lipinski definition) is 3. The maximum Gasteiger partial charge on any atom is 0.161 e. The first-order valence-corrected chi connectivity index (χ1v) is 16.8. The van der Waals surface area contributed by atoms with Crippen LogP contribution in [0, 0.1) is 0 Å². The molecule has 0 bridgehead atoms. The predicted octanol–water partition coefficient (Wildman–Crippen LogP) is 11.7. The lowest BCUT2D eigenvalue weighted by molar-refractivity contribution is 0.660. The smallest absolute Gasteiger partial charge is 0.161 e. The highest BCUT2D eigenvalue weighted by atomic mass is 14.9. The molecular weight excluding hydrogens is 595 g/mol. The summed E-state index contributed by atoms with van der Waals surface area (Å²) in [6, 6.07) is 50.3. The molecule has 9 aromatic rings. The molecule has 1 aliphatic rings. The summed E-state index contributed by atoms with van der Waals surface area (Å²) in [4.78, 5) is 15.1. The second-order valence-electron chi connectivity index (χ2n) is 13.7. The molecule has 0 aliphatic heterocycles. The van der Waals surface area contributed by atoms with E-state index in [4.69, 9.17) is 9.97 Å². The average molecular weight is 626 g/mol. The number of benzene rings is 7. The van der Waals surface area contributed by atoms with E-state index in [1.54, 1.807) is 0 Å². The third-order valence-corrected chi connectivity index (χ3v) is 10.5. The highest BCUT2D eigenvalue weighted by molar-refractivity contribution is 6.25. The molecule has 7 aromatic carbocycles. The normalized spacial score (nSPS) is 13.3. The molecule has 0 radical (unpaired) electrons. The van der Waals surface area contributed by atoms with Gasteiger partial charge in [0, 0.05) is 40.1 Å². The molecule has 2 aromatic heterocycles. The molecule has 49 heavy (non-hydrogen) atoms. The topological polar surface area (TPSA) is 38.7 Å². The second-order valence-corrected chi connectivity index (χ2v) is 13.7. The minimum absolute atomic E-state index is 0.106. The first-order chi connectivity index (χ1) is 24.0. The lowest BCUT2D eigenvalue weighted by atomic mass is 9.82. The fourth-order valence-corrected chi connectivity index (χ4v) is 8.05. The molecule has 2 heterocycles. The van der Waals surface area contributed by atoms with Crippen LogP contribution in [0.3, 0.4) is 0 Å². The lowest BCUT2D eigenvalue weighted by Gasteiger charge is -2.22. The van der Waals surface area contributed by atoms with Gasteiger partial charge in [-0.3, -0.25) is 4.98 Å². The van der Waals surface area contributed by atoms with Crippen molar-refractivity contribution in [2.45, 2.75) is 19.3 Å². The van der Waals surface area contributed by atoms with E-state index in [1.807, 2.05) is 18.5 Å². The minimum atomic E-state index is -0.106. The summed E-state index contributed by atoms with van der Waals surface area (Å²) in [7, 11) is 0. The van der Waals surface area contributed by atoms with Crippen molar-refractivity contribution in [1.82, 2.24) is 15.0 Å². The highest BCUT2D eigenvalue weighted by Gasteiger charge is 2.35. The van der Waals surface area contributed by atoms with Crippen molar-refractivity contribution in [1.29, 1.82) is 0 Å². The Morgan fingerprint density at radius 1 is 0.449 bits per heavy atom. The first-order valence-electron chi connectivity index (χ1n) is 16.8. The first kappa shape index (κ1) is 27.9. The molecule has 0 saturated carbocycles. The number of fused-ring (bicyclic) bond motifs is 3. The Bertz CT molecular complexity index is 2730. The SMILES string of the molecule is CC1(C)c2ccccc2-c2ccc(-c3cc(-c4cccc(-c5cccnc5)c4)nc(-c4ccc5ccc6cccc7ccc4c5c67)n3)cc21. The molecule has 230 valence electrons. The maximum absolute atomic E-state index is 5.36. The van der Waals surface area contributed by atoms with Gasteiger partial charge in [-0.1, -0.05) is 123 Å². The van der Waals surface area contributed by atoms with Crippen molar-refractivity contribution in [3.05, 3.63) is 163 Å². The van der Waals surface area contributed by atoms with E-state index < -0.39 is 0 Å². The van der Waals surface area contributed by atoms with Crippen LogP contribution in [0.25, 0.3) is 88.5 Å². The Balaban J connectivity index is 1.21. The molecule has 3 heteroatoms. The summed E-state index contributed by atoms with van der Waals surface area (Å²) in [5, 5.41) is 7.44. The van der Waals surface area contributed by atoms with E-state index in [-0.39, 0.29) is 5.41 Å². The summed E-state index contributed by atoms with van der Waals surface area (Å²) < 4.78 is 0. The van der Waals surface area contributed by atoms with Crippen LogP contribution < -0.4 is 0 Å². The van der Waals surface area contributed by atoms with Gasteiger partial charge in [-0.2, -0.15) is 0 Å². The number of hydrogen-bond donors (Lipinski definition) is 0. The van der Waals surface area contributed by atoms with Crippen molar-refractivity contribution in [3.8, 4) is 56.2 Å². The van der Waals surface area contributed by atoms with Crippen LogP contribution in [-0.4, -0.2) is 15.0 Å². The van der Waals surface area contributed by atoms with Gasteiger partial charge in [0.05, 0.1) is 11.4 Å². The van der Waals surface area contributed by atoms with Crippen LogP contribution in [0.5, 0.6) is 0 Å². The summed E-state index contributed by atoms with van der Waals surface area (Å²) in [6.45, 7) is 4.65. The molecule has 0 spiro atoms. The van der Waals surface area contributed by atoms with Gasteiger partial charge in [-0.15, -0.1) is 0 Å². The standard InChI is InChI=1S/C46H31N3/c1-46(2)39-14-4-3-13-35(39)36-20-19-33(25-40(36)46)42-26-41(32-11-6-10-31(24-32)34-12-7-23-47-27-34)48-45(49-42)38-22-18-30-16-15-28-8-5-9-29-17-21-37(38)44(30)43(28)29/h3-27H,1-2H3. The van der Waals surface area contributed by atoms with Crippen LogP contribution in [0.1, 0.15) is 25.0 Å². The zero-order valence-electron chi connectivity index (χ0n) is 27.3. The summed E-state index contributed by atoms with van der Waals surface area (Å²) in [5.74, 6) is 0.722. The fraction of sp³-hybridized carbons (Fsp3) is 0.0652. The number of rotatable bonds is 4. The molecule has 0 N–H and O–H groups in total. The fourth-order valence-electron chi connectivity index (χ4n) is 8.05. The zero-order valence-corrected chi connectivity index (χ0v) is 27.3. The number of pyridine rings is 1. The highest BCUT2D eigenvalue weighted by Crippen LogP contribution is 2.49. The Hall–Kier alpha value is -6.19. The Labute approximate surface area is 284 Å². The second kappa shape index (κ2) is 10.4. The summed E-state index contributed by atoms with van der Waals surface area (Å²) in [5.41, 5.74) is 12.3. The van der Waals surface area contributed by atoms with E-state index in [1.165, 1.54) is 54.6 Å². The van der Waals surface area contributed by atoms with Crippen molar-refractivity contribution in [3.63, 3.8) is 0 Å². The van der Waals surface area contributed by atoms with Gasteiger partial charge in [0.15, 0.2) is 5.82 Å². The molecule has 0 atom stereocenters. The van der Waals surface area contributed by atoms with Gasteiger partial charge in [0.1, 0.15) is 0 Å². The van der Waals surface area contributed by atoms with E-state index in [0.717, 1.165) is 45.0 Å². The zero-order chi connectivity index (χ0) is 32.7. The van der Waals surface area contributed by atoms with E-state index >= 15 is 0 Å². The maximum atomic E-state index is 5.36. The van der Waals surface area contributed by atoms with Crippen molar-refractivity contribution in [2.24, 2.45) is 0 Å². The van der Waals surface area contributed by atoms with Gasteiger partial charge in [0.2, 0.25) is 0 Å². The molecule has 0 amide bonds. The van der Waals surface area contributed by atoms with Crippen LogP contribution in [0.15, 0.2) is 152 Å². The minimum Gasteiger partial charge on any atom is -0.264 e. The lowest BCUT2D eigenvalue weighted by Crippen LogP contribution is -2.14. The van der Waals surface area contributed by atoms with Crippen molar-refractivity contribution < 1.29 is 0 Å². The molecular formula is C46H31N3. The van der Waals surface area contributed by atoms with Gasteiger partial charge < -0.3 is 0 Å². The molecule has 0 saturated heterocycles. The number of nitrogens with zero attached hydrogens (tertiary/aromatic N) is 3. The van der Waals surface area contributed by atoms with Gasteiger partial charge in [-0.25, -0.2) is 9.97 Å². The van der Waals surface area contributed by atoms with Crippen LogP contribution in [-0.2, 0) is 5.41 Å². The van der Waals surface area contributed by atoms with Crippen LogP contribution in [0.4, 0.5) is 0 Å². The van der Waals surface area contributed by atoms with Gasteiger partial charge in [-0.05, 0) is 90.5 Å². The molecule has 3 nitrogen and oxygen atoms in total. The Kier molecular flexibility index (Phi) is 5.92. The van der Waals surface area contributed by atoms with E-state index in [0.29, 0.717) is 0 Å². The molecule has 0 unspecified atom stereocenters. The molecule has 10 rings (SSSR count). The third kappa shape index (κ3) is 4.25. The summed E-state index contributed by atoms with van der Waals surface area (Å²) in [6.07, 6.45) is 3.72. The van der Waals surface area contributed by atoms with Gasteiger partial charge >= 0.3 is 0 Å². The number of aromatic nitrogens is 3. The monoisotopic (exact) mass is 625 g/mol.